The van der Waals surface area contributed by atoms with Crippen molar-refractivity contribution in [3.63, 3.8) is 0 Å². The third-order valence-corrected chi connectivity index (χ3v) is 9.62. The minimum Gasteiger partial charge on any atom is -0.372 e. The van der Waals surface area contributed by atoms with Gasteiger partial charge in [-0.25, -0.2) is 0 Å². The van der Waals surface area contributed by atoms with E-state index in [4.69, 9.17) is 4.74 Å². The average Bonchev–Trinajstić information content (AvgIpc) is 3.43. The van der Waals surface area contributed by atoms with Crippen LogP contribution in [0, 0.1) is 0 Å². The zero-order chi connectivity index (χ0) is 31.7. The highest BCUT2D eigenvalue weighted by molar-refractivity contribution is 4.94. The molecule has 0 amide bonds. The molecule has 1 unspecified atom stereocenters. The Labute approximate surface area is 277 Å². The Hall–Kier alpha value is -1.08. The van der Waals surface area contributed by atoms with Gasteiger partial charge in [0.1, 0.15) is 0 Å². The Morgan fingerprint density at radius 2 is 0.841 bits per heavy atom. The molecule has 44 heavy (non-hydrogen) atoms. The van der Waals surface area contributed by atoms with Gasteiger partial charge in [0.2, 0.25) is 0 Å². The SMILES string of the molecule is CCCCC/C=C\C/C=C\CCCCCCCCC1(CCCCCCCC/C=C\C/C=C\CCCCC)CCC(CCC)O1. The lowest BCUT2D eigenvalue weighted by atomic mass is 9.87. The quantitative estimate of drug-likeness (QED) is 0.0544. The van der Waals surface area contributed by atoms with Crippen LogP contribution in [0.1, 0.15) is 213 Å². The summed E-state index contributed by atoms with van der Waals surface area (Å²) in [5.74, 6) is 0. The highest BCUT2D eigenvalue weighted by atomic mass is 16.5. The Morgan fingerprint density at radius 3 is 1.25 bits per heavy atom. The first kappa shape index (κ1) is 40.9. The van der Waals surface area contributed by atoms with Crippen LogP contribution in [0.4, 0.5) is 0 Å². The molecule has 0 spiro atoms. The van der Waals surface area contributed by atoms with Gasteiger partial charge < -0.3 is 4.74 Å². The first-order valence-electron chi connectivity index (χ1n) is 20.0. The Kier molecular flexibility index (Phi) is 29.7. The van der Waals surface area contributed by atoms with Crippen molar-refractivity contribution in [3.05, 3.63) is 48.6 Å². The van der Waals surface area contributed by atoms with E-state index in [2.05, 4.69) is 69.4 Å². The van der Waals surface area contributed by atoms with Gasteiger partial charge in [-0.15, -0.1) is 0 Å². The van der Waals surface area contributed by atoms with Crippen molar-refractivity contribution < 1.29 is 4.74 Å². The van der Waals surface area contributed by atoms with E-state index >= 15 is 0 Å². The summed E-state index contributed by atoms with van der Waals surface area (Å²) in [5, 5.41) is 0. The van der Waals surface area contributed by atoms with E-state index in [0.29, 0.717) is 6.10 Å². The van der Waals surface area contributed by atoms with Crippen molar-refractivity contribution in [3.8, 4) is 0 Å². The predicted octanol–water partition coefficient (Wildman–Crippen LogP) is 15.1. The zero-order valence-electron chi connectivity index (χ0n) is 30.3. The summed E-state index contributed by atoms with van der Waals surface area (Å²) in [6.07, 6.45) is 59.2. The fourth-order valence-corrected chi connectivity index (χ4v) is 6.78. The molecule has 1 heteroatoms. The van der Waals surface area contributed by atoms with Gasteiger partial charge in [0.25, 0.3) is 0 Å². The molecule has 1 saturated heterocycles. The van der Waals surface area contributed by atoms with E-state index < -0.39 is 0 Å². The lowest BCUT2D eigenvalue weighted by Crippen LogP contribution is -2.29. The summed E-state index contributed by atoms with van der Waals surface area (Å²) in [4.78, 5) is 0. The van der Waals surface area contributed by atoms with Crippen molar-refractivity contribution >= 4 is 0 Å². The Balaban J connectivity index is 2.08. The molecular weight excluding hydrogens is 532 g/mol. The molecule has 0 bridgehead atoms. The molecule has 0 saturated carbocycles. The van der Waals surface area contributed by atoms with Gasteiger partial charge in [0, 0.05) is 0 Å². The van der Waals surface area contributed by atoms with Crippen LogP contribution in [-0.4, -0.2) is 11.7 Å². The predicted molar refractivity (Wildman–Crippen MR) is 200 cm³/mol. The topological polar surface area (TPSA) is 9.23 Å². The van der Waals surface area contributed by atoms with Gasteiger partial charge in [0.15, 0.2) is 0 Å². The van der Waals surface area contributed by atoms with Crippen molar-refractivity contribution in [2.75, 3.05) is 0 Å². The highest BCUT2D eigenvalue weighted by Crippen LogP contribution is 2.40. The number of allylic oxidation sites excluding steroid dienone is 8. The fraction of sp³-hybridized carbons (Fsp3) is 0.814. The molecule has 1 nitrogen and oxygen atoms in total. The van der Waals surface area contributed by atoms with Gasteiger partial charge in [0.05, 0.1) is 11.7 Å². The standard InChI is InChI=1S/C43H78O/c1-4-7-9-11-13-15-17-19-21-23-25-27-29-31-33-35-39-43(41-38-42(44-43)37-6-3)40-36-34-32-30-28-26-24-22-20-18-16-14-12-10-8-5-2/h13-16,19-22,42H,4-12,17-18,23-41H2,1-3H3/b15-13-,16-14-,21-19-,22-20-. The maximum Gasteiger partial charge on any atom is 0.0687 e. The van der Waals surface area contributed by atoms with Crippen molar-refractivity contribution in [2.24, 2.45) is 0 Å². The number of unbranched alkanes of at least 4 members (excludes halogenated alkanes) is 18. The third-order valence-electron chi connectivity index (χ3n) is 9.62. The van der Waals surface area contributed by atoms with Crippen LogP contribution in [0.3, 0.4) is 0 Å². The second-order valence-electron chi connectivity index (χ2n) is 13.9. The van der Waals surface area contributed by atoms with Gasteiger partial charge in [-0.05, 0) is 96.3 Å². The molecule has 0 aromatic carbocycles. The molecule has 1 aliphatic heterocycles. The first-order chi connectivity index (χ1) is 21.8. The van der Waals surface area contributed by atoms with E-state index in [1.54, 1.807) is 0 Å². The monoisotopic (exact) mass is 611 g/mol. The summed E-state index contributed by atoms with van der Waals surface area (Å²) in [5.41, 5.74) is 0.213. The number of rotatable bonds is 32. The number of ether oxygens (including phenoxy) is 1. The Bertz CT molecular complexity index is 650. The van der Waals surface area contributed by atoms with Crippen LogP contribution in [0.2, 0.25) is 0 Å². The molecule has 1 rings (SSSR count). The number of hydrogen-bond acceptors (Lipinski definition) is 1. The van der Waals surface area contributed by atoms with Gasteiger partial charge in [-0.2, -0.15) is 0 Å². The maximum atomic E-state index is 6.81. The van der Waals surface area contributed by atoms with Crippen LogP contribution in [-0.2, 0) is 4.74 Å². The smallest absolute Gasteiger partial charge is 0.0687 e. The average molecular weight is 611 g/mol. The summed E-state index contributed by atoms with van der Waals surface area (Å²) < 4.78 is 6.81. The molecule has 1 aliphatic rings. The highest BCUT2D eigenvalue weighted by Gasteiger charge is 2.38. The fourth-order valence-electron chi connectivity index (χ4n) is 6.78. The molecule has 0 radical (unpaired) electrons. The van der Waals surface area contributed by atoms with Crippen LogP contribution in [0.15, 0.2) is 48.6 Å². The molecule has 0 aliphatic carbocycles. The molecule has 1 fully saturated rings. The summed E-state index contributed by atoms with van der Waals surface area (Å²) >= 11 is 0. The largest absolute Gasteiger partial charge is 0.372 e. The molecule has 0 aromatic rings. The lowest BCUT2D eigenvalue weighted by molar-refractivity contribution is -0.0573. The van der Waals surface area contributed by atoms with Crippen molar-refractivity contribution in [1.29, 1.82) is 0 Å². The Morgan fingerprint density at radius 1 is 0.455 bits per heavy atom. The van der Waals surface area contributed by atoms with Crippen LogP contribution in [0.5, 0.6) is 0 Å². The maximum absolute atomic E-state index is 6.81. The first-order valence-corrected chi connectivity index (χ1v) is 20.0. The molecule has 0 N–H and O–H groups in total. The second kappa shape index (κ2) is 31.9. The third kappa shape index (κ3) is 25.2. The zero-order valence-corrected chi connectivity index (χ0v) is 30.3. The molecular formula is C43H78O. The van der Waals surface area contributed by atoms with E-state index in [0.717, 1.165) is 12.8 Å². The van der Waals surface area contributed by atoms with Gasteiger partial charge >= 0.3 is 0 Å². The van der Waals surface area contributed by atoms with E-state index in [1.165, 1.54) is 180 Å². The van der Waals surface area contributed by atoms with Gasteiger partial charge in [-0.3, -0.25) is 0 Å². The molecule has 1 atom stereocenters. The lowest BCUT2D eigenvalue weighted by Gasteiger charge is -2.30. The molecule has 256 valence electrons. The summed E-state index contributed by atoms with van der Waals surface area (Å²) in [6, 6.07) is 0. The van der Waals surface area contributed by atoms with Crippen molar-refractivity contribution in [2.45, 2.75) is 225 Å². The molecule has 0 aromatic heterocycles. The minimum absolute atomic E-state index is 0.213. The van der Waals surface area contributed by atoms with E-state index in [1.807, 2.05) is 0 Å². The normalized spacial score (nSPS) is 17.0. The van der Waals surface area contributed by atoms with Crippen molar-refractivity contribution in [1.82, 2.24) is 0 Å². The second-order valence-corrected chi connectivity index (χ2v) is 13.9. The van der Waals surface area contributed by atoms with Crippen LogP contribution < -0.4 is 0 Å². The molecule has 1 heterocycles. The van der Waals surface area contributed by atoms with Crippen LogP contribution >= 0.6 is 0 Å². The number of hydrogen-bond donors (Lipinski definition) is 0. The van der Waals surface area contributed by atoms with E-state index in [-0.39, 0.29) is 5.60 Å². The van der Waals surface area contributed by atoms with Gasteiger partial charge in [-0.1, -0.05) is 166 Å². The van der Waals surface area contributed by atoms with Crippen LogP contribution in [0.25, 0.3) is 0 Å². The minimum atomic E-state index is 0.213. The van der Waals surface area contributed by atoms with E-state index in [9.17, 15) is 0 Å². The summed E-state index contributed by atoms with van der Waals surface area (Å²) in [6.45, 7) is 6.86. The summed E-state index contributed by atoms with van der Waals surface area (Å²) in [7, 11) is 0.